The van der Waals surface area contributed by atoms with Crippen LogP contribution >= 0.6 is 11.6 Å². The topological polar surface area (TPSA) is 87.7 Å². The molecule has 8 heteroatoms. The number of hydrogen-bond acceptors (Lipinski definition) is 6. The van der Waals surface area contributed by atoms with Crippen LogP contribution in [0.4, 0.5) is 0 Å². The van der Waals surface area contributed by atoms with Crippen LogP contribution in [0.3, 0.4) is 0 Å². The van der Waals surface area contributed by atoms with Crippen molar-refractivity contribution < 1.29 is 17.7 Å². The van der Waals surface area contributed by atoms with E-state index in [1.54, 1.807) is 0 Å². The minimum atomic E-state index is -3.51. The lowest BCUT2D eigenvalue weighted by Gasteiger charge is -2.06. The molecule has 0 spiro atoms. The molecule has 0 heterocycles. The van der Waals surface area contributed by atoms with Crippen LogP contribution in [-0.2, 0) is 14.3 Å². The fourth-order valence-corrected chi connectivity index (χ4v) is 1.98. The van der Waals surface area contributed by atoms with E-state index in [0.717, 1.165) is 45.4 Å². The molecule has 0 atom stereocenters. The van der Waals surface area contributed by atoms with Gasteiger partial charge in [0.15, 0.2) is 0 Å². The molecule has 0 fully saturated rings. The highest BCUT2D eigenvalue weighted by atomic mass is 35.5. The van der Waals surface area contributed by atoms with E-state index in [1.807, 2.05) is 0 Å². The van der Waals surface area contributed by atoms with Gasteiger partial charge in [0.2, 0.25) is 0 Å². The molecule has 0 amide bonds. The highest BCUT2D eigenvalue weighted by Crippen LogP contribution is 1.98. The van der Waals surface area contributed by atoms with E-state index in [1.165, 1.54) is 0 Å². The molecule has 0 aliphatic carbocycles. The Balaban J connectivity index is 3.11. The van der Waals surface area contributed by atoms with Crippen molar-refractivity contribution in [2.24, 2.45) is 0 Å². The molecule has 3 N–H and O–H groups in total. The van der Waals surface area contributed by atoms with Gasteiger partial charge in [0.05, 0.1) is 6.61 Å². The Labute approximate surface area is 121 Å². The second kappa shape index (κ2) is 13.1. The summed E-state index contributed by atoms with van der Waals surface area (Å²) in [4.78, 5) is 0. The van der Waals surface area contributed by atoms with Gasteiger partial charge >= 0.3 is 0 Å². The van der Waals surface area contributed by atoms with Gasteiger partial charge in [-0.25, -0.2) is 0 Å². The van der Waals surface area contributed by atoms with Gasteiger partial charge in [-0.3, -0.25) is 4.18 Å². The van der Waals surface area contributed by atoms with Crippen molar-refractivity contribution in [2.75, 3.05) is 44.6 Å². The average Bonchev–Trinajstić information content (AvgIpc) is 2.40. The summed E-state index contributed by atoms with van der Waals surface area (Å²) < 4.78 is 26.4. The number of alkyl halides is 1. The van der Waals surface area contributed by atoms with Crippen molar-refractivity contribution >= 4 is 21.7 Å². The summed E-state index contributed by atoms with van der Waals surface area (Å²) in [7, 11) is -3.51. The fraction of sp³-hybridized carbons (Fsp3) is 1.00. The van der Waals surface area contributed by atoms with E-state index in [2.05, 4.69) is 14.8 Å². The zero-order valence-electron chi connectivity index (χ0n) is 11.2. The predicted molar refractivity (Wildman–Crippen MR) is 76.9 cm³/mol. The van der Waals surface area contributed by atoms with Crippen molar-refractivity contribution in [3.8, 4) is 0 Å². The zero-order chi connectivity index (χ0) is 14.4. The number of nitrogens with one attached hydrogen (secondary N) is 2. The second-order valence-corrected chi connectivity index (χ2v) is 6.35. The third kappa shape index (κ3) is 14.3. The van der Waals surface area contributed by atoms with Gasteiger partial charge in [-0.05, 0) is 38.8 Å². The summed E-state index contributed by atoms with van der Waals surface area (Å²) >= 11 is 5.19. The van der Waals surface area contributed by atoms with Crippen LogP contribution in [0.25, 0.3) is 0 Å². The molecule has 0 aliphatic rings. The molecule has 0 bridgehead atoms. The molecule has 0 rings (SSSR count). The second-order valence-electron chi connectivity index (χ2n) is 4.13. The molecule has 0 aliphatic heterocycles. The minimum Gasteiger partial charge on any atom is -0.396 e. The first-order valence-electron chi connectivity index (χ1n) is 6.58. The third-order valence-electron chi connectivity index (χ3n) is 2.38. The van der Waals surface area contributed by atoms with Crippen molar-refractivity contribution in [3.05, 3.63) is 0 Å². The largest absolute Gasteiger partial charge is 0.396 e. The molecule has 0 saturated carbocycles. The summed E-state index contributed by atoms with van der Waals surface area (Å²) in [5, 5.41) is 14.6. The molecule has 0 aromatic rings. The Hall–Kier alpha value is 0.0800. The predicted octanol–water partition coefficient (Wildman–Crippen LogP) is 0.261. The molecule has 0 aromatic heterocycles. The van der Waals surface area contributed by atoms with E-state index in [4.69, 9.17) is 16.7 Å². The molecule has 116 valence electrons. The van der Waals surface area contributed by atoms with Crippen molar-refractivity contribution in [3.63, 3.8) is 0 Å². The lowest BCUT2D eigenvalue weighted by Crippen LogP contribution is -2.28. The van der Waals surface area contributed by atoms with Crippen LogP contribution in [0.15, 0.2) is 0 Å². The SMILES string of the molecule is O=S(=O)(CCl)OCCCCNCCNCCCCO. The van der Waals surface area contributed by atoms with Crippen LogP contribution in [0.2, 0.25) is 0 Å². The van der Waals surface area contributed by atoms with Gasteiger partial charge in [0.25, 0.3) is 10.1 Å². The standard InChI is InChI=1S/C11H25ClN2O4S/c12-11-19(16,17)18-10-4-2-6-14-8-7-13-5-1-3-9-15/h13-15H,1-11H2. The van der Waals surface area contributed by atoms with Crippen molar-refractivity contribution in [1.29, 1.82) is 0 Å². The summed E-state index contributed by atoms with van der Waals surface area (Å²) in [5.74, 6) is 0. The monoisotopic (exact) mass is 316 g/mol. The smallest absolute Gasteiger partial charge is 0.281 e. The lowest BCUT2D eigenvalue weighted by molar-refractivity contribution is 0.283. The summed E-state index contributed by atoms with van der Waals surface area (Å²) in [6, 6.07) is 0. The molecule has 0 radical (unpaired) electrons. The first-order valence-corrected chi connectivity index (χ1v) is 8.69. The summed E-state index contributed by atoms with van der Waals surface area (Å²) in [5.41, 5.74) is 0. The van der Waals surface area contributed by atoms with E-state index < -0.39 is 15.3 Å². The van der Waals surface area contributed by atoms with E-state index in [9.17, 15) is 8.42 Å². The highest BCUT2D eigenvalue weighted by Gasteiger charge is 2.07. The maximum Gasteiger partial charge on any atom is 0.281 e. The molecule has 19 heavy (non-hydrogen) atoms. The van der Waals surface area contributed by atoms with Crippen molar-refractivity contribution in [2.45, 2.75) is 25.7 Å². The molecular weight excluding hydrogens is 292 g/mol. The molecule has 0 aromatic carbocycles. The van der Waals surface area contributed by atoms with Crippen LogP contribution in [0, 0.1) is 0 Å². The Kier molecular flexibility index (Phi) is 13.1. The number of halogens is 1. The summed E-state index contributed by atoms with van der Waals surface area (Å²) in [6.45, 7) is 3.97. The fourth-order valence-electron chi connectivity index (χ4n) is 1.36. The number of rotatable bonds is 14. The maximum absolute atomic E-state index is 10.9. The first-order chi connectivity index (χ1) is 9.12. The maximum atomic E-state index is 10.9. The Morgan fingerprint density at radius 3 is 2.05 bits per heavy atom. The van der Waals surface area contributed by atoms with Gasteiger partial charge in [-0.1, -0.05) is 0 Å². The lowest BCUT2D eigenvalue weighted by atomic mass is 10.3. The van der Waals surface area contributed by atoms with Crippen LogP contribution in [0.1, 0.15) is 25.7 Å². The zero-order valence-corrected chi connectivity index (χ0v) is 12.8. The normalized spacial score (nSPS) is 11.9. The van der Waals surface area contributed by atoms with E-state index in [-0.39, 0.29) is 13.2 Å². The Morgan fingerprint density at radius 1 is 0.947 bits per heavy atom. The van der Waals surface area contributed by atoms with Gasteiger partial charge in [-0.15, -0.1) is 11.6 Å². The van der Waals surface area contributed by atoms with Gasteiger partial charge < -0.3 is 15.7 Å². The van der Waals surface area contributed by atoms with E-state index in [0.29, 0.717) is 6.42 Å². The quantitative estimate of drug-likeness (QED) is 0.242. The van der Waals surface area contributed by atoms with Crippen LogP contribution in [0.5, 0.6) is 0 Å². The molecule has 0 unspecified atom stereocenters. The minimum absolute atomic E-state index is 0.191. The van der Waals surface area contributed by atoms with Gasteiger partial charge in [0, 0.05) is 19.7 Å². The highest BCUT2D eigenvalue weighted by molar-refractivity contribution is 7.87. The molecular formula is C11H25ClN2O4S. The van der Waals surface area contributed by atoms with Gasteiger partial charge in [-0.2, -0.15) is 8.42 Å². The van der Waals surface area contributed by atoms with Crippen LogP contribution in [-0.4, -0.2) is 58.1 Å². The van der Waals surface area contributed by atoms with Crippen molar-refractivity contribution in [1.82, 2.24) is 10.6 Å². The number of aliphatic hydroxyl groups is 1. The Bertz CT molecular complexity index is 288. The third-order valence-corrected chi connectivity index (χ3v) is 3.98. The molecule has 0 saturated heterocycles. The van der Waals surface area contributed by atoms with Crippen LogP contribution < -0.4 is 10.6 Å². The first kappa shape index (κ1) is 19.1. The Morgan fingerprint density at radius 2 is 1.53 bits per heavy atom. The van der Waals surface area contributed by atoms with E-state index >= 15 is 0 Å². The van der Waals surface area contributed by atoms with Gasteiger partial charge in [0.1, 0.15) is 5.21 Å². The summed E-state index contributed by atoms with van der Waals surface area (Å²) in [6.07, 6.45) is 3.38. The molecule has 6 nitrogen and oxygen atoms in total. The number of hydrogen-bond donors (Lipinski definition) is 3. The number of unbranched alkanes of at least 4 members (excludes halogenated alkanes) is 2. The number of aliphatic hydroxyl groups excluding tert-OH is 1. The average molecular weight is 317 g/mol.